The normalized spacial score (nSPS) is 23.6. The van der Waals surface area contributed by atoms with E-state index in [9.17, 15) is 0 Å². The average molecular weight is 352 g/mol. The molecule has 3 heterocycles. The predicted octanol–water partition coefficient (Wildman–Crippen LogP) is 4.55. The summed E-state index contributed by atoms with van der Waals surface area (Å²) in [6.07, 6.45) is 7.86. The number of furan rings is 1. The van der Waals surface area contributed by atoms with Gasteiger partial charge < -0.3 is 19.3 Å². The van der Waals surface area contributed by atoms with Crippen LogP contribution < -0.4 is 14.9 Å². The Labute approximate surface area is 153 Å². The molecule has 0 saturated heterocycles. The third-order valence-corrected chi connectivity index (χ3v) is 5.76. The molecule has 1 fully saturated rings. The van der Waals surface area contributed by atoms with Crippen LogP contribution in [0.4, 0.5) is 0 Å². The summed E-state index contributed by atoms with van der Waals surface area (Å²) in [4.78, 5) is 0. The van der Waals surface area contributed by atoms with Gasteiger partial charge in [0.05, 0.1) is 18.8 Å². The average Bonchev–Trinajstić information content (AvgIpc) is 3.29. The molecule has 136 valence electrons. The van der Waals surface area contributed by atoms with E-state index >= 15 is 0 Å². The fourth-order valence-electron chi connectivity index (χ4n) is 4.49. The van der Waals surface area contributed by atoms with E-state index in [2.05, 4.69) is 22.6 Å². The molecule has 1 aliphatic carbocycles. The fraction of sp³-hybridized carbons (Fsp3) is 0.429. The Morgan fingerprint density at radius 2 is 2.00 bits per heavy atom. The van der Waals surface area contributed by atoms with Crippen molar-refractivity contribution < 1.29 is 13.9 Å². The highest BCUT2D eigenvalue weighted by Crippen LogP contribution is 2.52. The van der Waals surface area contributed by atoms with E-state index in [1.807, 2.05) is 31.2 Å². The van der Waals surface area contributed by atoms with E-state index in [0.29, 0.717) is 0 Å². The SMILES string of the molecule is COc1cccc2c1OC1(CCCCC1)N1NC(c3ccc(C)o3)=CC21. The molecule has 1 unspecified atom stereocenters. The number of methoxy groups -OCH3 is 1. The van der Waals surface area contributed by atoms with Crippen LogP contribution in [0.1, 0.15) is 55.2 Å². The van der Waals surface area contributed by atoms with Gasteiger partial charge in [0.15, 0.2) is 23.0 Å². The lowest BCUT2D eigenvalue weighted by molar-refractivity contribution is -0.151. The maximum atomic E-state index is 6.66. The molecule has 0 amide bonds. The third kappa shape index (κ3) is 2.27. The van der Waals surface area contributed by atoms with Crippen molar-refractivity contribution >= 4 is 5.70 Å². The molecule has 0 bridgehead atoms. The minimum atomic E-state index is -0.343. The zero-order chi connectivity index (χ0) is 17.7. The second-order valence-corrected chi connectivity index (χ2v) is 7.40. The third-order valence-electron chi connectivity index (χ3n) is 5.76. The van der Waals surface area contributed by atoms with Gasteiger partial charge in [0, 0.05) is 18.4 Å². The first kappa shape index (κ1) is 15.8. The van der Waals surface area contributed by atoms with Crippen molar-refractivity contribution in [2.24, 2.45) is 0 Å². The monoisotopic (exact) mass is 352 g/mol. The molecule has 1 aromatic heterocycles. The molecule has 1 atom stereocenters. The summed E-state index contributed by atoms with van der Waals surface area (Å²) in [5, 5.41) is 2.29. The zero-order valence-electron chi connectivity index (χ0n) is 15.2. The van der Waals surface area contributed by atoms with Crippen molar-refractivity contribution in [3.8, 4) is 11.5 Å². The molecule has 1 aromatic carbocycles. The van der Waals surface area contributed by atoms with Crippen molar-refractivity contribution in [1.29, 1.82) is 0 Å². The van der Waals surface area contributed by atoms with Gasteiger partial charge in [-0.3, -0.25) is 0 Å². The van der Waals surface area contributed by atoms with E-state index in [-0.39, 0.29) is 11.8 Å². The van der Waals surface area contributed by atoms with Gasteiger partial charge in [-0.15, -0.1) is 0 Å². The molecular formula is C21H24N2O3. The number of hydrogen-bond acceptors (Lipinski definition) is 5. The number of ether oxygens (including phenoxy) is 2. The summed E-state index contributed by atoms with van der Waals surface area (Å²) >= 11 is 0. The number of benzene rings is 1. The topological polar surface area (TPSA) is 46.9 Å². The Balaban J connectivity index is 1.63. The second-order valence-electron chi connectivity index (χ2n) is 7.40. The van der Waals surface area contributed by atoms with Gasteiger partial charge in [-0.1, -0.05) is 18.6 Å². The minimum absolute atomic E-state index is 0.104. The van der Waals surface area contributed by atoms with Gasteiger partial charge in [0.2, 0.25) is 0 Å². The first-order valence-corrected chi connectivity index (χ1v) is 9.41. The standard InChI is InChI=1S/C21H24N2O3/c1-14-9-10-18(25-14)16-13-17-15-7-6-8-19(24-2)20(15)26-21(23(17)22-16)11-4-3-5-12-21/h6-10,13,17,22H,3-5,11-12H2,1-2H3. The molecule has 0 radical (unpaired) electrons. The summed E-state index contributed by atoms with van der Waals surface area (Å²) < 4.78 is 18.1. The Hall–Kier alpha value is -2.40. The lowest BCUT2D eigenvalue weighted by Crippen LogP contribution is -2.60. The fourth-order valence-corrected chi connectivity index (χ4v) is 4.49. The highest BCUT2D eigenvalue weighted by molar-refractivity contribution is 5.65. The lowest BCUT2D eigenvalue weighted by atomic mass is 9.87. The second kappa shape index (κ2) is 5.81. The molecule has 1 spiro atoms. The Bertz CT molecular complexity index is 864. The van der Waals surface area contributed by atoms with Crippen molar-refractivity contribution in [2.45, 2.75) is 50.8 Å². The first-order valence-electron chi connectivity index (χ1n) is 9.41. The molecule has 5 nitrogen and oxygen atoms in total. The zero-order valence-corrected chi connectivity index (χ0v) is 15.2. The molecule has 1 N–H and O–H groups in total. The van der Waals surface area contributed by atoms with Crippen LogP contribution in [0.3, 0.4) is 0 Å². The molecule has 26 heavy (non-hydrogen) atoms. The van der Waals surface area contributed by atoms with Crippen LogP contribution in [0.15, 0.2) is 40.8 Å². The van der Waals surface area contributed by atoms with Crippen LogP contribution in [-0.2, 0) is 0 Å². The first-order chi connectivity index (χ1) is 12.7. The molecule has 2 aliphatic heterocycles. The number of aryl methyl sites for hydroxylation is 1. The quantitative estimate of drug-likeness (QED) is 0.859. The lowest BCUT2D eigenvalue weighted by Gasteiger charge is -2.50. The maximum absolute atomic E-state index is 6.66. The van der Waals surface area contributed by atoms with E-state index in [1.165, 1.54) is 19.3 Å². The molecule has 5 rings (SSSR count). The van der Waals surface area contributed by atoms with Gasteiger partial charge in [-0.2, -0.15) is 5.01 Å². The largest absolute Gasteiger partial charge is 0.493 e. The number of nitrogens with zero attached hydrogens (tertiary/aromatic N) is 1. The van der Waals surface area contributed by atoms with Gasteiger partial charge in [-0.25, -0.2) is 0 Å². The van der Waals surface area contributed by atoms with Crippen LogP contribution in [0.25, 0.3) is 5.70 Å². The molecule has 5 heteroatoms. The number of rotatable bonds is 2. The van der Waals surface area contributed by atoms with Gasteiger partial charge >= 0.3 is 0 Å². The number of hydrazine groups is 1. The number of hydrogen-bond donors (Lipinski definition) is 1. The molecule has 3 aliphatic rings. The van der Waals surface area contributed by atoms with Crippen molar-refractivity contribution in [3.63, 3.8) is 0 Å². The van der Waals surface area contributed by atoms with Crippen LogP contribution in [0.2, 0.25) is 0 Å². The van der Waals surface area contributed by atoms with Crippen molar-refractivity contribution in [3.05, 3.63) is 53.5 Å². The Kier molecular flexibility index (Phi) is 3.54. The van der Waals surface area contributed by atoms with E-state index in [4.69, 9.17) is 13.9 Å². The maximum Gasteiger partial charge on any atom is 0.180 e. The summed E-state index contributed by atoms with van der Waals surface area (Å²) in [6.45, 7) is 1.97. The van der Waals surface area contributed by atoms with Crippen molar-refractivity contribution in [2.75, 3.05) is 7.11 Å². The van der Waals surface area contributed by atoms with E-state index in [0.717, 1.165) is 47.1 Å². The van der Waals surface area contributed by atoms with E-state index in [1.54, 1.807) is 7.11 Å². The van der Waals surface area contributed by atoms with Gasteiger partial charge in [0.1, 0.15) is 5.76 Å². The highest BCUT2D eigenvalue weighted by atomic mass is 16.5. The summed E-state index contributed by atoms with van der Waals surface area (Å²) in [7, 11) is 1.71. The predicted molar refractivity (Wildman–Crippen MR) is 98.6 cm³/mol. The smallest absolute Gasteiger partial charge is 0.180 e. The van der Waals surface area contributed by atoms with Crippen LogP contribution in [-0.4, -0.2) is 17.8 Å². The van der Waals surface area contributed by atoms with Crippen LogP contribution in [0, 0.1) is 6.92 Å². The molecule has 1 saturated carbocycles. The number of fused-ring (bicyclic) bond motifs is 4. The van der Waals surface area contributed by atoms with Gasteiger partial charge in [-0.05, 0) is 44.0 Å². The molecular weight excluding hydrogens is 328 g/mol. The van der Waals surface area contributed by atoms with E-state index < -0.39 is 0 Å². The Morgan fingerprint density at radius 1 is 1.15 bits per heavy atom. The highest BCUT2D eigenvalue weighted by Gasteiger charge is 2.51. The number of nitrogens with one attached hydrogen (secondary N) is 1. The number of para-hydroxylation sites is 1. The minimum Gasteiger partial charge on any atom is -0.493 e. The Morgan fingerprint density at radius 3 is 2.73 bits per heavy atom. The van der Waals surface area contributed by atoms with Crippen molar-refractivity contribution in [1.82, 2.24) is 10.4 Å². The van der Waals surface area contributed by atoms with Crippen LogP contribution >= 0.6 is 0 Å². The van der Waals surface area contributed by atoms with Gasteiger partial charge in [0.25, 0.3) is 0 Å². The summed E-state index contributed by atoms with van der Waals surface area (Å²) in [5.41, 5.74) is 5.39. The van der Waals surface area contributed by atoms with Crippen LogP contribution in [0.5, 0.6) is 11.5 Å². The molecule has 2 aromatic rings. The summed E-state index contributed by atoms with van der Waals surface area (Å²) in [5.74, 6) is 3.47. The summed E-state index contributed by atoms with van der Waals surface area (Å²) in [6, 6.07) is 10.3.